The molecular formula is C17H14CaO3S. The molecular weight excluding hydrogens is 324 g/mol. The monoisotopic (exact) mass is 338 g/mol. The maximum Gasteiger partial charge on any atom is 0.339 e. The number of benzene rings is 3. The van der Waals surface area contributed by atoms with E-state index in [-0.39, 0.29) is 48.4 Å². The van der Waals surface area contributed by atoms with Gasteiger partial charge in [0.25, 0.3) is 0 Å². The quantitative estimate of drug-likeness (QED) is 0.315. The van der Waals surface area contributed by atoms with Crippen LogP contribution in [0, 0.1) is 0 Å². The molecule has 3 aromatic rings. The minimum atomic E-state index is -3.85. The molecule has 22 heavy (non-hydrogen) atoms. The molecule has 0 aliphatic carbocycles. The zero-order valence-electron chi connectivity index (χ0n) is 12.2. The van der Waals surface area contributed by atoms with E-state index in [1.54, 1.807) is 12.1 Å². The van der Waals surface area contributed by atoms with Gasteiger partial charge in [-0.05, 0) is 29.1 Å². The maximum absolute atomic E-state index is 12.3. The minimum absolute atomic E-state index is 0. The maximum atomic E-state index is 12.3. The zero-order chi connectivity index (χ0) is 15.0. The second kappa shape index (κ2) is 6.59. The largest absolute Gasteiger partial charge is 0.384 e. The van der Waals surface area contributed by atoms with E-state index in [2.05, 4.69) is 6.58 Å². The summed E-state index contributed by atoms with van der Waals surface area (Å²) in [6.45, 7) is 5.01. The predicted octanol–water partition coefficient (Wildman–Crippen LogP) is 3.85. The summed E-state index contributed by atoms with van der Waals surface area (Å²) in [4.78, 5) is 0.161. The molecule has 3 aromatic carbocycles. The third-order valence-corrected chi connectivity index (χ3v) is 4.67. The van der Waals surface area contributed by atoms with Gasteiger partial charge in [-0.25, -0.2) is 0 Å². The average Bonchev–Trinajstić information content (AvgIpc) is 2.45. The first-order chi connectivity index (χ1) is 9.99. The SMILES string of the molecule is C=C(C)OS(=O)(=O)c1cccc2c1ccc1ccccc12.[Ca]. The van der Waals surface area contributed by atoms with Crippen molar-refractivity contribution in [3.8, 4) is 0 Å². The van der Waals surface area contributed by atoms with Crippen LogP contribution in [0.2, 0.25) is 0 Å². The van der Waals surface area contributed by atoms with Gasteiger partial charge in [-0.15, -0.1) is 0 Å². The van der Waals surface area contributed by atoms with Crippen LogP contribution in [0.25, 0.3) is 21.5 Å². The molecule has 5 heteroatoms. The van der Waals surface area contributed by atoms with Crippen molar-refractivity contribution in [1.82, 2.24) is 0 Å². The molecule has 0 amide bonds. The minimum Gasteiger partial charge on any atom is -0.384 e. The molecule has 2 radical (unpaired) electrons. The van der Waals surface area contributed by atoms with E-state index in [9.17, 15) is 8.42 Å². The van der Waals surface area contributed by atoms with Crippen LogP contribution in [0.4, 0.5) is 0 Å². The van der Waals surface area contributed by atoms with Crippen LogP contribution in [0.15, 0.2) is 71.8 Å². The van der Waals surface area contributed by atoms with E-state index in [0.29, 0.717) is 5.39 Å². The topological polar surface area (TPSA) is 43.4 Å². The molecule has 0 N–H and O–H groups in total. The van der Waals surface area contributed by atoms with Gasteiger partial charge in [0.1, 0.15) is 10.7 Å². The summed E-state index contributed by atoms with van der Waals surface area (Å²) >= 11 is 0. The molecule has 0 aliphatic rings. The third-order valence-electron chi connectivity index (χ3n) is 3.27. The molecule has 3 nitrogen and oxygen atoms in total. The van der Waals surface area contributed by atoms with Crippen LogP contribution < -0.4 is 0 Å². The first-order valence-corrected chi connectivity index (χ1v) is 7.90. The first-order valence-electron chi connectivity index (χ1n) is 6.49. The fraction of sp³-hybridized carbons (Fsp3) is 0.0588. The van der Waals surface area contributed by atoms with Crippen LogP contribution >= 0.6 is 0 Å². The number of rotatable bonds is 3. The van der Waals surface area contributed by atoms with Gasteiger partial charge in [0, 0.05) is 43.1 Å². The van der Waals surface area contributed by atoms with Gasteiger partial charge in [0.2, 0.25) is 0 Å². The summed E-state index contributed by atoms with van der Waals surface area (Å²) in [6, 6.07) is 16.8. The van der Waals surface area contributed by atoms with Crippen molar-refractivity contribution in [2.45, 2.75) is 11.8 Å². The Bertz CT molecular complexity index is 962. The summed E-state index contributed by atoms with van der Waals surface area (Å²) < 4.78 is 29.5. The third kappa shape index (κ3) is 3.15. The summed E-state index contributed by atoms with van der Waals surface area (Å²) in [7, 11) is -3.85. The van der Waals surface area contributed by atoms with E-state index >= 15 is 0 Å². The molecule has 0 atom stereocenters. The smallest absolute Gasteiger partial charge is 0.339 e. The molecule has 3 rings (SSSR count). The Morgan fingerprint density at radius 3 is 2.32 bits per heavy atom. The van der Waals surface area contributed by atoms with Crippen molar-refractivity contribution >= 4 is 69.4 Å². The molecule has 0 aromatic heterocycles. The van der Waals surface area contributed by atoms with Crippen molar-refractivity contribution in [1.29, 1.82) is 0 Å². The van der Waals surface area contributed by atoms with Gasteiger partial charge < -0.3 is 4.18 Å². The van der Waals surface area contributed by atoms with Crippen LogP contribution in [0.1, 0.15) is 6.92 Å². The van der Waals surface area contributed by atoms with Crippen molar-refractivity contribution in [2.24, 2.45) is 0 Å². The molecule has 0 aliphatic heterocycles. The second-order valence-corrected chi connectivity index (χ2v) is 6.39. The molecule has 0 saturated heterocycles. The van der Waals surface area contributed by atoms with Crippen LogP contribution in [-0.2, 0) is 14.3 Å². The Hall–Kier alpha value is -1.07. The first kappa shape index (κ1) is 17.3. The number of allylic oxidation sites excluding steroid dienone is 1. The average molecular weight is 338 g/mol. The molecule has 108 valence electrons. The molecule has 0 saturated carbocycles. The van der Waals surface area contributed by atoms with Crippen LogP contribution in [0.3, 0.4) is 0 Å². The fourth-order valence-electron chi connectivity index (χ4n) is 2.46. The summed E-state index contributed by atoms with van der Waals surface area (Å²) in [5.74, 6) is 0.146. The Morgan fingerprint density at radius 2 is 1.59 bits per heavy atom. The Balaban J connectivity index is 0.00000176. The Labute approximate surface area is 159 Å². The molecule has 0 unspecified atom stereocenters. The van der Waals surface area contributed by atoms with Gasteiger partial charge >= 0.3 is 10.1 Å². The number of fused-ring (bicyclic) bond motifs is 3. The molecule has 0 bridgehead atoms. The van der Waals surface area contributed by atoms with E-state index < -0.39 is 10.1 Å². The van der Waals surface area contributed by atoms with Crippen molar-refractivity contribution in [3.63, 3.8) is 0 Å². The predicted molar refractivity (Wildman–Crippen MR) is 90.3 cm³/mol. The summed E-state index contributed by atoms with van der Waals surface area (Å²) in [5, 5.41) is 3.62. The molecule has 0 fully saturated rings. The van der Waals surface area contributed by atoms with Gasteiger partial charge in [-0.1, -0.05) is 55.1 Å². The summed E-state index contributed by atoms with van der Waals surface area (Å²) in [6.07, 6.45) is 0. The van der Waals surface area contributed by atoms with Crippen molar-refractivity contribution in [3.05, 3.63) is 66.9 Å². The van der Waals surface area contributed by atoms with Gasteiger partial charge in [0.05, 0.1) is 0 Å². The van der Waals surface area contributed by atoms with Gasteiger partial charge in [0.15, 0.2) is 0 Å². The van der Waals surface area contributed by atoms with E-state index in [1.165, 1.54) is 6.92 Å². The summed E-state index contributed by atoms with van der Waals surface area (Å²) in [5.41, 5.74) is 0. The number of hydrogen-bond donors (Lipinski definition) is 0. The van der Waals surface area contributed by atoms with Crippen molar-refractivity contribution in [2.75, 3.05) is 0 Å². The van der Waals surface area contributed by atoms with Gasteiger partial charge in [-0.2, -0.15) is 8.42 Å². The normalized spacial score (nSPS) is 11.1. The van der Waals surface area contributed by atoms with Crippen LogP contribution in [-0.4, -0.2) is 46.2 Å². The van der Waals surface area contributed by atoms with E-state index in [1.807, 2.05) is 42.5 Å². The standard InChI is InChI=1S/C17H14O3S.Ca/c1-12(2)20-21(18,19)17-9-5-8-15-14-7-4-3-6-13(14)10-11-16(15)17;/h3-11H,1H2,2H3;. The van der Waals surface area contributed by atoms with Crippen LogP contribution in [0.5, 0.6) is 0 Å². The Morgan fingerprint density at radius 1 is 0.909 bits per heavy atom. The Kier molecular flexibility index (Phi) is 5.17. The second-order valence-electron chi connectivity index (χ2n) is 4.88. The van der Waals surface area contributed by atoms with E-state index in [4.69, 9.17) is 4.18 Å². The number of hydrogen-bond acceptors (Lipinski definition) is 3. The molecule has 0 spiro atoms. The van der Waals surface area contributed by atoms with E-state index in [0.717, 1.165) is 16.2 Å². The molecule has 0 heterocycles. The fourth-order valence-corrected chi connectivity index (χ4v) is 3.62. The zero-order valence-corrected chi connectivity index (χ0v) is 15.3. The van der Waals surface area contributed by atoms with Gasteiger partial charge in [-0.3, -0.25) is 0 Å². The van der Waals surface area contributed by atoms with Crippen molar-refractivity contribution < 1.29 is 12.6 Å².